The van der Waals surface area contributed by atoms with E-state index in [1.54, 1.807) is 0 Å². The topological polar surface area (TPSA) is 37.2 Å². The Labute approximate surface area is 83.2 Å². The Morgan fingerprint density at radius 3 is 2.57 bits per heavy atom. The van der Waals surface area contributed by atoms with Gasteiger partial charge in [0.15, 0.2) is 0 Å². The number of hydrogen-bond donors (Lipinski definition) is 0. The molecule has 1 aromatic rings. The normalized spacial score (nSPS) is 16.0. The first-order valence-electron chi connectivity index (χ1n) is 4.68. The Kier molecular flexibility index (Phi) is 3.08. The fourth-order valence-electron chi connectivity index (χ4n) is 1.26. The van der Waals surface area contributed by atoms with E-state index >= 15 is 0 Å². The van der Waals surface area contributed by atoms with Gasteiger partial charge in [0.2, 0.25) is 0 Å². The molecular formula is C10H13N3O. The molecule has 0 unspecified atom stereocenters. The molecule has 0 radical (unpaired) electrons. The first-order valence-corrected chi connectivity index (χ1v) is 4.68. The van der Waals surface area contributed by atoms with Crippen molar-refractivity contribution >= 4 is 0 Å². The predicted octanol–water partition coefficient (Wildman–Crippen LogP) is 1.75. The average Bonchev–Trinajstić information content (AvgIpc) is 2.72. The second kappa shape index (κ2) is 4.72. The summed E-state index contributed by atoms with van der Waals surface area (Å²) >= 11 is 0. The molecule has 2 rings (SSSR count). The lowest BCUT2D eigenvalue weighted by Gasteiger charge is -2.12. The molecule has 0 saturated carbocycles. The van der Waals surface area contributed by atoms with Crippen molar-refractivity contribution in [2.24, 2.45) is 10.2 Å². The minimum Gasteiger partial charge on any atom is -0.492 e. The Hall–Kier alpha value is -1.42. The molecule has 0 atom stereocenters. The molecule has 4 heteroatoms. The summed E-state index contributed by atoms with van der Waals surface area (Å²) in [5.41, 5.74) is 0. The quantitative estimate of drug-likeness (QED) is 0.727. The van der Waals surface area contributed by atoms with Crippen LogP contribution in [0.2, 0.25) is 0 Å². The zero-order valence-electron chi connectivity index (χ0n) is 7.97. The highest BCUT2D eigenvalue weighted by Gasteiger charge is 2.07. The fraction of sp³-hybridized carbons (Fsp3) is 0.400. The van der Waals surface area contributed by atoms with Crippen LogP contribution in [0.15, 0.2) is 40.6 Å². The van der Waals surface area contributed by atoms with Crippen LogP contribution >= 0.6 is 0 Å². The van der Waals surface area contributed by atoms with Gasteiger partial charge in [-0.25, -0.2) is 0 Å². The Morgan fingerprint density at radius 2 is 1.86 bits per heavy atom. The zero-order chi connectivity index (χ0) is 9.64. The monoisotopic (exact) mass is 191 g/mol. The zero-order valence-corrected chi connectivity index (χ0v) is 7.97. The van der Waals surface area contributed by atoms with Crippen LogP contribution in [-0.4, -0.2) is 31.4 Å². The number of rotatable bonds is 4. The van der Waals surface area contributed by atoms with Gasteiger partial charge in [-0.2, -0.15) is 10.2 Å². The van der Waals surface area contributed by atoms with Crippen molar-refractivity contribution in [3.63, 3.8) is 0 Å². The molecule has 0 aliphatic carbocycles. The standard InChI is InChI=1S/C10H13N3O/c1-2-4-10(5-3-1)14-7-6-13-8-11-12-9-13/h1-5H,6-9H2. The number of hydrogen-bond acceptors (Lipinski definition) is 4. The predicted molar refractivity (Wildman–Crippen MR) is 53.2 cm³/mol. The number of nitrogens with zero attached hydrogens (tertiary/aromatic N) is 3. The van der Waals surface area contributed by atoms with E-state index in [0.29, 0.717) is 19.9 Å². The van der Waals surface area contributed by atoms with E-state index in [9.17, 15) is 0 Å². The summed E-state index contributed by atoms with van der Waals surface area (Å²) in [4.78, 5) is 2.13. The van der Waals surface area contributed by atoms with Crippen LogP contribution in [-0.2, 0) is 0 Å². The van der Waals surface area contributed by atoms with E-state index in [4.69, 9.17) is 4.74 Å². The van der Waals surface area contributed by atoms with Crippen LogP contribution in [0.25, 0.3) is 0 Å². The first-order chi connectivity index (χ1) is 6.95. The third-order valence-electron chi connectivity index (χ3n) is 2.05. The fourth-order valence-corrected chi connectivity index (χ4v) is 1.26. The van der Waals surface area contributed by atoms with Crippen LogP contribution in [0, 0.1) is 0 Å². The number of ether oxygens (including phenoxy) is 1. The number of para-hydroxylation sites is 1. The maximum atomic E-state index is 5.54. The van der Waals surface area contributed by atoms with Crippen LogP contribution in [0.1, 0.15) is 0 Å². The smallest absolute Gasteiger partial charge is 0.119 e. The second-order valence-corrected chi connectivity index (χ2v) is 3.12. The number of benzene rings is 1. The molecule has 0 saturated heterocycles. The molecule has 1 aliphatic rings. The van der Waals surface area contributed by atoms with Crippen molar-refractivity contribution < 1.29 is 4.74 Å². The van der Waals surface area contributed by atoms with Gasteiger partial charge in [-0.05, 0) is 12.1 Å². The summed E-state index contributed by atoms with van der Waals surface area (Å²) in [6, 6.07) is 9.83. The molecule has 1 heterocycles. The average molecular weight is 191 g/mol. The number of azo groups is 1. The van der Waals surface area contributed by atoms with Crippen LogP contribution in [0.4, 0.5) is 0 Å². The van der Waals surface area contributed by atoms with Crippen LogP contribution in [0.5, 0.6) is 5.75 Å². The van der Waals surface area contributed by atoms with E-state index in [2.05, 4.69) is 15.1 Å². The third-order valence-corrected chi connectivity index (χ3v) is 2.05. The molecule has 74 valence electrons. The largest absolute Gasteiger partial charge is 0.492 e. The highest BCUT2D eigenvalue weighted by atomic mass is 16.5. The van der Waals surface area contributed by atoms with Gasteiger partial charge in [-0.15, -0.1) is 0 Å². The van der Waals surface area contributed by atoms with Crippen molar-refractivity contribution in [1.82, 2.24) is 4.90 Å². The van der Waals surface area contributed by atoms with Crippen LogP contribution in [0.3, 0.4) is 0 Å². The summed E-state index contributed by atoms with van der Waals surface area (Å²) in [6.07, 6.45) is 0. The van der Waals surface area contributed by atoms with Gasteiger partial charge < -0.3 is 4.74 Å². The molecule has 0 fully saturated rings. The molecule has 1 aliphatic heterocycles. The van der Waals surface area contributed by atoms with Gasteiger partial charge in [-0.3, -0.25) is 4.90 Å². The molecule has 0 amide bonds. The van der Waals surface area contributed by atoms with E-state index < -0.39 is 0 Å². The molecule has 0 N–H and O–H groups in total. The van der Waals surface area contributed by atoms with Crippen molar-refractivity contribution in [1.29, 1.82) is 0 Å². The lowest BCUT2D eigenvalue weighted by Crippen LogP contribution is -2.25. The molecular weight excluding hydrogens is 178 g/mol. The van der Waals surface area contributed by atoms with Gasteiger partial charge in [0.25, 0.3) is 0 Å². The molecule has 14 heavy (non-hydrogen) atoms. The Bertz CT molecular complexity index is 291. The van der Waals surface area contributed by atoms with Crippen LogP contribution < -0.4 is 4.74 Å². The molecule has 0 aromatic heterocycles. The summed E-state index contributed by atoms with van der Waals surface area (Å²) in [5, 5.41) is 7.77. The summed E-state index contributed by atoms with van der Waals surface area (Å²) < 4.78 is 5.54. The summed E-state index contributed by atoms with van der Waals surface area (Å²) in [6.45, 7) is 2.98. The van der Waals surface area contributed by atoms with E-state index in [-0.39, 0.29) is 0 Å². The van der Waals surface area contributed by atoms with Crippen molar-refractivity contribution in [3.05, 3.63) is 30.3 Å². The SMILES string of the molecule is c1ccc(OCCN2CN=NC2)cc1. The minimum atomic E-state index is 0.690. The van der Waals surface area contributed by atoms with Crippen molar-refractivity contribution in [3.8, 4) is 5.75 Å². The summed E-state index contributed by atoms with van der Waals surface area (Å²) in [5.74, 6) is 0.917. The maximum Gasteiger partial charge on any atom is 0.119 e. The Balaban J connectivity index is 1.68. The highest BCUT2D eigenvalue weighted by Crippen LogP contribution is 2.08. The lowest BCUT2D eigenvalue weighted by atomic mass is 10.3. The maximum absolute atomic E-state index is 5.54. The van der Waals surface area contributed by atoms with E-state index in [1.165, 1.54) is 0 Å². The van der Waals surface area contributed by atoms with Crippen molar-refractivity contribution in [2.75, 3.05) is 26.5 Å². The van der Waals surface area contributed by atoms with Gasteiger partial charge in [0.1, 0.15) is 25.7 Å². The molecule has 1 aromatic carbocycles. The second-order valence-electron chi connectivity index (χ2n) is 3.12. The first kappa shape index (κ1) is 9.15. The van der Waals surface area contributed by atoms with Crippen molar-refractivity contribution in [2.45, 2.75) is 0 Å². The minimum absolute atomic E-state index is 0.690. The van der Waals surface area contributed by atoms with E-state index in [1.807, 2.05) is 30.3 Å². The molecule has 0 spiro atoms. The summed E-state index contributed by atoms with van der Waals surface area (Å²) in [7, 11) is 0. The van der Waals surface area contributed by atoms with Gasteiger partial charge in [0.05, 0.1) is 0 Å². The van der Waals surface area contributed by atoms with Gasteiger partial charge in [-0.1, -0.05) is 18.2 Å². The molecule has 4 nitrogen and oxygen atoms in total. The lowest BCUT2D eigenvalue weighted by molar-refractivity contribution is 0.234. The van der Waals surface area contributed by atoms with E-state index in [0.717, 1.165) is 12.3 Å². The van der Waals surface area contributed by atoms with Gasteiger partial charge >= 0.3 is 0 Å². The Morgan fingerprint density at radius 1 is 1.14 bits per heavy atom. The molecule has 0 bridgehead atoms. The highest BCUT2D eigenvalue weighted by molar-refractivity contribution is 5.20. The third kappa shape index (κ3) is 2.53. The van der Waals surface area contributed by atoms with Gasteiger partial charge in [0, 0.05) is 6.54 Å².